The molecule has 0 bridgehead atoms. The lowest BCUT2D eigenvalue weighted by atomic mass is 9.96. The molecule has 0 unspecified atom stereocenters. The van der Waals surface area contributed by atoms with Crippen molar-refractivity contribution in [2.24, 2.45) is 5.92 Å². The Labute approximate surface area is 118 Å². The molecule has 0 atom stereocenters. The highest BCUT2D eigenvalue weighted by Crippen LogP contribution is 2.18. The molecule has 1 N–H and O–H groups in total. The van der Waals surface area contributed by atoms with Gasteiger partial charge in [-0.15, -0.1) is 0 Å². The van der Waals surface area contributed by atoms with Crippen molar-refractivity contribution >= 4 is 5.91 Å². The molecule has 1 aliphatic rings. The molecule has 1 aliphatic heterocycles. The summed E-state index contributed by atoms with van der Waals surface area (Å²) in [5.41, 5.74) is 0. The molecule has 1 saturated heterocycles. The Morgan fingerprint density at radius 3 is 2.37 bits per heavy atom. The molecule has 112 valence electrons. The van der Waals surface area contributed by atoms with E-state index < -0.39 is 0 Å². The topological polar surface area (TPSA) is 35.6 Å². The van der Waals surface area contributed by atoms with Crippen LogP contribution < -0.4 is 5.32 Å². The maximum Gasteiger partial charge on any atom is 0.223 e. The molecular weight excluding hydrogens is 238 g/mol. The van der Waals surface area contributed by atoms with Crippen LogP contribution in [0.25, 0.3) is 0 Å². The Hall–Kier alpha value is -0.610. The van der Waals surface area contributed by atoms with E-state index in [2.05, 4.69) is 35.9 Å². The van der Waals surface area contributed by atoms with Crippen molar-refractivity contribution in [3.8, 4) is 0 Å². The second-order valence-electron chi connectivity index (χ2n) is 5.41. The van der Waals surface area contributed by atoms with Gasteiger partial charge in [0, 0.05) is 32.6 Å². The lowest BCUT2D eigenvalue weighted by Gasteiger charge is -2.34. The smallest absolute Gasteiger partial charge is 0.223 e. The van der Waals surface area contributed by atoms with E-state index in [-0.39, 0.29) is 0 Å². The van der Waals surface area contributed by atoms with E-state index in [9.17, 15) is 4.79 Å². The zero-order valence-electron chi connectivity index (χ0n) is 13.0. The van der Waals surface area contributed by atoms with Crippen LogP contribution in [-0.4, -0.2) is 61.5 Å². The Morgan fingerprint density at radius 2 is 1.84 bits per heavy atom. The summed E-state index contributed by atoms with van der Waals surface area (Å²) in [7, 11) is 0. The van der Waals surface area contributed by atoms with Crippen LogP contribution in [0.1, 0.15) is 40.0 Å². The van der Waals surface area contributed by atoms with Crippen LogP contribution in [0.5, 0.6) is 0 Å². The predicted octanol–water partition coefficient (Wildman–Crippen LogP) is 1.57. The fourth-order valence-electron chi connectivity index (χ4n) is 2.74. The van der Waals surface area contributed by atoms with Gasteiger partial charge < -0.3 is 15.1 Å². The third-order valence-corrected chi connectivity index (χ3v) is 4.14. The monoisotopic (exact) mass is 269 g/mol. The van der Waals surface area contributed by atoms with Gasteiger partial charge in [-0.05, 0) is 38.4 Å². The largest absolute Gasteiger partial charge is 0.343 e. The van der Waals surface area contributed by atoms with Gasteiger partial charge in [0.15, 0.2) is 0 Å². The molecule has 1 amide bonds. The zero-order chi connectivity index (χ0) is 14.1. The van der Waals surface area contributed by atoms with Crippen molar-refractivity contribution in [1.29, 1.82) is 0 Å². The van der Waals surface area contributed by atoms with Gasteiger partial charge in [0.25, 0.3) is 0 Å². The Morgan fingerprint density at radius 1 is 1.21 bits per heavy atom. The quantitative estimate of drug-likeness (QED) is 0.679. The molecule has 1 rings (SSSR count). The van der Waals surface area contributed by atoms with Crippen molar-refractivity contribution in [1.82, 2.24) is 15.1 Å². The summed E-state index contributed by atoms with van der Waals surface area (Å²) >= 11 is 0. The molecule has 19 heavy (non-hydrogen) atoms. The highest BCUT2D eigenvalue weighted by atomic mass is 16.2. The van der Waals surface area contributed by atoms with Crippen LogP contribution in [-0.2, 0) is 4.79 Å². The van der Waals surface area contributed by atoms with Crippen molar-refractivity contribution in [3.63, 3.8) is 0 Å². The molecule has 0 aromatic heterocycles. The highest BCUT2D eigenvalue weighted by Gasteiger charge is 2.23. The minimum Gasteiger partial charge on any atom is -0.343 e. The van der Waals surface area contributed by atoms with Crippen LogP contribution in [0.2, 0.25) is 0 Å². The van der Waals surface area contributed by atoms with E-state index in [0.717, 1.165) is 45.2 Å². The van der Waals surface area contributed by atoms with Gasteiger partial charge in [-0.1, -0.05) is 20.8 Å². The number of carbonyl (C=O) groups is 1. The van der Waals surface area contributed by atoms with Crippen LogP contribution in [0.3, 0.4) is 0 Å². The summed E-state index contributed by atoms with van der Waals surface area (Å²) in [6.07, 6.45) is 2.99. The van der Waals surface area contributed by atoms with Gasteiger partial charge in [-0.3, -0.25) is 4.79 Å². The first kappa shape index (κ1) is 16.4. The SMILES string of the molecule is CCNCCC(=O)N1CCC(CN(CC)CC)CC1. The van der Waals surface area contributed by atoms with Crippen LogP contribution in [0.4, 0.5) is 0 Å². The second kappa shape index (κ2) is 9.32. The van der Waals surface area contributed by atoms with Crippen LogP contribution >= 0.6 is 0 Å². The van der Waals surface area contributed by atoms with E-state index in [4.69, 9.17) is 0 Å². The summed E-state index contributed by atoms with van der Waals surface area (Å²) in [5, 5.41) is 3.21. The number of hydrogen-bond donors (Lipinski definition) is 1. The van der Waals surface area contributed by atoms with Crippen molar-refractivity contribution in [3.05, 3.63) is 0 Å². The molecule has 0 radical (unpaired) electrons. The second-order valence-corrected chi connectivity index (χ2v) is 5.41. The summed E-state index contributed by atoms with van der Waals surface area (Å²) in [4.78, 5) is 16.5. The van der Waals surface area contributed by atoms with Gasteiger partial charge in [0.05, 0.1) is 0 Å². The van der Waals surface area contributed by atoms with Gasteiger partial charge in [-0.25, -0.2) is 0 Å². The van der Waals surface area contributed by atoms with E-state index in [0.29, 0.717) is 12.3 Å². The van der Waals surface area contributed by atoms with Crippen LogP contribution in [0, 0.1) is 5.92 Å². The average Bonchev–Trinajstić information content (AvgIpc) is 2.45. The maximum atomic E-state index is 12.0. The van der Waals surface area contributed by atoms with E-state index in [1.54, 1.807) is 0 Å². The van der Waals surface area contributed by atoms with Crippen LogP contribution in [0.15, 0.2) is 0 Å². The lowest BCUT2D eigenvalue weighted by molar-refractivity contribution is -0.132. The minimum absolute atomic E-state index is 0.322. The third-order valence-electron chi connectivity index (χ3n) is 4.14. The number of amides is 1. The number of nitrogens with zero attached hydrogens (tertiary/aromatic N) is 2. The predicted molar refractivity (Wildman–Crippen MR) is 80.3 cm³/mol. The van der Waals surface area contributed by atoms with Crippen molar-refractivity contribution in [2.75, 3.05) is 45.8 Å². The number of rotatable bonds is 8. The van der Waals surface area contributed by atoms with Crippen molar-refractivity contribution < 1.29 is 4.79 Å². The Kier molecular flexibility index (Phi) is 8.07. The van der Waals surface area contributed by atoms with E-state index in [1.807, 2.05) is 0 Å². The fraction of sp³-hybridized carbons (Fsp3) is 0.933. The number of carbonyl (C=O) groups excluding carboxylic acids is 1. The lowest BCUT2D eigenvalue weighted by Crippen LogP contribution is -2.42. The number of nitrogens with one attached hydrogen (secondary N) is 1. The van der Waals surface area contributed by atoms with Gasteiger partial charge >= 0.3 is 0 Å². The Balaban J connectivity index is 2.22. The van der Waals surface area contributed by atoms with E-state index in [1.165, 1.54) is 19.4 Å². The molecule has 1 heterocycles. The Bertz CT molecular complexity index is 246. The first-order chi connectivity index (χ1) is 9.21. The molecule has 0 saturated carbocycles. The number of piperidine rings is 1. The van der Waals surface area contributed by atoms with Gasteiger partial charge in [0.1, 0.15) is 0 Å². The summed E-state index contributed by atoms with van der Waals surface area (Å²) in [6.45, 7) is 13.7. The average molecular weight is 269 g/mol. The third kappa shape index (κ3) is 5.91. The number of hydrogen-bond acceptors (Lipinski definition) is 3. The first-order valence-corrected chi connectivity index (χ1v) is 7.92. The molecule has 0 aliphatic carbocycles. The van der Waals surface area contributed by atoms with E-state index >= 15 is 0 Å². The molecule has 0 aromatic carbocycles. The normalized spacial score (nSPS) is 17.2. The first-order valence-electron chi connectivity index (χ1n) is 7.92. The minimum atomic E-state index is 0.322. The summed E-state index contributed by atoms with van der Waals surface area (Å²) < 4.78 is 0. The number of likely N-dealkylation sites (tertiary alicyclic amines) is 1. The molecule has 1 fully saturated rings. The molecule has 0 aromatic rings. The van der Waals surface area contributed by atoms with Gasteiger partial charge in [-0.2, -0.15) is 0 Å². The highest BCUT2D eigenvalue weighted by molar-refractivity contribution is 5.76. The van der Waals surface area contributed by atoms with Crippen molar-refractivity contribution in [2.45, 2.75) is 40.0 Å². The molecular formula is C15H31N3O. The standard InChI is InChI=1S/C15H31N3O/c1-4-16-10-7-15(19)18-11-8-14(9-12-18)13-17(5-2)6-3/h14,16H,4-13H2,1-3H3. The molecule has 4 nitrogen and oxygen atoms in total. The molecule has 0 spiro atoms. The fourth-order valence-corrected chi connectivity index (χ4v) is 2.74. The summed E-state index contributed by atoms with van der Waals surface area (Å²) in [5.74, 6) is 1.10. The summed E-state index contributed by atoms with van der Waals surface area (Å²) in [6, 6.07) is 0. The maximum absolute atomic E-state index is 12.0. The van der Waals surface area contributed by atoms with Gasteiger partial charge in [0.2, 0.25) is 5.91 Å². The molecule has 4 heteroatoms. The zero-order valence-corrected chi connectivity index (χ0v) is 13.0.